The molecule has 1 aromatic rings. The molecule has 1 fully saturated rings. The highest BCUT2D eigenvalue weighted by Gasteiger charge is 2.21. The standard InChI is InChI=1S/C14H21FN2O3S/c1-2-20-14-7-6-11(9-13(14)15)17-21(18,19)10-12-5-3-4-8-16-12/h6-7,9,12,16-17H,2-5,8,10H2,1H3. The quantitative estimate of drug-likeness (QED) is 0.843. The van der Waals surface area contributed by atoms with Gasteiger partial charge in [0.1, 0.15) is 0 Å². The van der Waals surface area contributed by atoms with Gasteiger partial charge in [0.05, 0.1) is 18.0 Å². The summed E-state index contributed by atoms with van der Waals surface area (Å²) in [7, 11) is -3.50. The molecule has 1 aliphatic heterocycles. The van der Waals surface area contributed by atoms with Gasteiger partial charge < -0.3 is 10.1 Å². The first-order valence-electron chi connectivity index (χ1n) is 7.16. The van der Waals surface area contributed by atoms with E-state index in [1.54, 1.807) is 6.92 Å². The largest absolute Gasteiger partial charge is 0.491 e. The maximum Gasteiger partial charge on any atom is 0.234 e. The smallest absolute Gasteiger partial charge is 0.234 e. The molecule has 0 amide bonds. The first-order chi connectivity index (χ1) is 10.00. The zero-order valence-electron chi connectivity index (χ0n) is 12.1. The molecule has 118 valence electrons. The molecule has 1 saturated heterocycles. The number of hydrogen-bond donors (Lipinski definition) is 2. The van der Waals surface area contributed by atoms with Crippen LogP contribution in [-0.4, -0.2) is 33.4 Å². The second-order valence-electron chi connectivity index (χ2n) is 5.11. The minimum Gasteiger partial charge on any atom is -0.491 e. The summed E-state index contributed by atoms with van der Waals surface area (Å²) >= 11 is 0. The van der Waals surface area contributed by atoms with Crippen LogP contribution in [0.1, 0.15) is 26.2 Å². The van der Waals surface area contributed by atoms with Gasteiger partial charge in [-0.2, -0.15) is 0 Å². The van der Waals surface area contributed by atoms with Crippen molar-refractivity contribution in [3.05, 3.63) is 24.0 Å². The molecule has 1 aromatic carbocycles. The summed E-state index contributed by atoms with van der Waals surface area (Å²) in [5.74, 6) is -0.454. The Morgan fingerprint density at radius 1 is 1.43 bits per heavy atom. The molecule has 0 aromatic heterocycles. The molecule has 21 heavy (non-hydrogen) atoms. The summed E-state index contributed by atoms with van der Waals surface area (Å²) in [5, 5.41) is 3.18. The van der Waals surface area contributed by atoms with Gasteiger partial charge in [-0.1, -0.05) is 6.42 Å². The van der Waals surface area contributed by atoms with Crippen molar-refractivity contribution in [3.8, 4) is 5.75 Å². The molecule has 1 heterocycles. The van der Waals surface area contributed by atoms with Crippen LogP contribution >= 0.6 is 0 Å². The molecule has 7 heteroatoms. The fourth-order valence-corrected chi connectivity index (χ4v) is 3.77. The molecule has 1 aliphatic rings. The van der Waals surface area contributed by atoms with E-state index in [1.165, 1.54) is 12.1 Å². The maximum absolute atomic E-state index is 13.7. The van der Waals surface area contributed by atoms with E-state index in [4.69, 9.17) is 4.74 Å². The van der Waals surface area contributed by atoms with E-state index in [0.717, 1.165) is 31.9 Å². The zero-order chi connectivity index (χ0) is 15.3. The third-order valence-electron chi connectivity index (χ3n) is 3.34. The summed E-state index contributed by atoms with van der Waals surface area (Å²) in [6.07, 6.45) is 2.96. The monoisotopic (exact) mass is 316 g/mol. The van der Waals surface area contributed by atoms with E-state index in [1.807, 2.05) is 0 Å². The zero-order valence-corrected chi connectivity index (χ0v) is 12.9. The van der Waals surface area contributed by atoms with Gasteiger partial charge in [-0.15, -0.1) is 0 Å². The molecule has 0 radical (unpaired) electrons. The van der Waals surface area contributed by atoms with Gasteiger partial charge in [-0.05, 0) is 38.4 Å². The van der Waals surface area contributed by atoms with Crippen molar-refractivity contribution in [1.29, 1.82) is 0 Å². The number of hydrogen-bond acceptors (Lipinski definition) is 4. The van der Waals surface area contributed by atoms with Gasteiger partial charge in [-0.25, -0.2) is 12.8 Å². The summed E-state index contributed by atoms with van der Waals surface area (Å²) in [5.41, 5.74) is 0.215. The predicted octanol–water partition coefficient (Wildman–Crippen LogP) is 2.11. The van der Waals surface area contributed by atoms with Crippen LogP contribution in [0.3, 0.4) is 0 Å². The normalized spacial score (nSPS) is 19.2. The fraction of sp³-hybridized carbons (Fsp3) is 0.571. The van der Waals surface area contributed by atoms with Gasteiger partial charge in [0.25, 0.3) is 0 Å². The highest BCUT2D eigenvalue weighted by atomic mass is 32.2. The average molecular weight is 316 g/mol. The van der Waals surface area contributed by atoms with Crippen LogP contribution in [0.15, 0.2) is 18.2 Å². The molecule has 5 nitrogen and oxygen atoms in total. The number of anilines is 1. The second kappa shape index (κ2) is 7.09. The molecule has 1 atom stereocenters. The highest BCUT2D eigenvalue weighted by molar-refractivity contribution is 7.92. The topological polar surface area (TPSA) is 67.4 Å². The first kappa shape index (κ1) is 16.0. The lowest BCUT2D eigenvalue weighted by Gasteiger charge is -2.23. The van der Waals surface area contributed by atoms with Crippen LogP contribution in [0.25, 0.3) is 0 Å². The number of benzene rings is 1. The fourth-order valence-electron chi connectivity index (χ4n) is 2.39. The van der Waals surface area contributed by atoms with Crippen molar-refractivity contribution in [2.24, 2.45) is 0 Å². The van der Waals surface area contributed by atoms with Crippen LogP contribution < -0.4 is 14.8 Å². The van der Waals surface area contributed by atoms with Crippen molar-refractivity contribution in [2.75, 3.05) is 23.6 Å². The first-order valence-corrected chi connectivity index (χ1v) is 8.81. The van der Waals surface area contributed by atoms with E-state index in [2.05, 4.69) is 10.0 Å². The number of halogens is 1. The van der Waals surface area contributed by atoms with Crippen molar-refractivity contribution in [1.82, 2.24) is 5.32 Å². The minimum absolute atomic E-state index is 0.00182. The molecule has 0 saturated carbocycles. The Morgan fingerprint density at radius 2 is 2.24 bits per heavy atom. The van der Waals surface area contributed by atoms with Crippen LogP contribution in [0.5, 0.6) is 5.75 Å². The van der Waals surface area contributed by atoms with E-state index < -0.39 is 15.8 Å². The predicted molar refractivity (Wildman–Crippen MR) is 80.6 cm³/mol. The van der Waals surface area contributed by atoms with Gasteiger partial charge >= 0.3 is 0 Å². The molecular formula is C14H21FN2O3S. The number of nitrogens with one attached hydrogen (secondary N) is 2. The van der Waals surface area contributed by atoms with E-state index in [-0.39, 0.29) is 23.2 Å². The Balaban J connectivity index is 2.00. The molecule has 2 N–H and O–H groups in total. The van der Waals surface area contributed by atoms with Crippen LogP contribution in [0.2, 0.25) is 0 Å². The number of sulfonamides is 1. The molecule has 1 unspecified atom stereocenters. The van der Waals surface area contributed by atoms with E-state index >= 15 is 0 Å². The number of ether oxygens (including phenoxy) is 1. The van der Waals surface area contributed by atoms with Crippen LogP contribution in [-0.2, 0) is 10.0 Å². The van der Waals surface area contributed by atoms with Crippen molar-refractivity contribution in [2.45, 2.75) is 32.2 Å². The third-order valence-corrected chi connectivity index (χ3v) is 4.73. The summed E-state index contributed by atoms with van der Waals surface area (Å²) < 4.78 is 45.4. The molecule has 0 bridgehead atoms. The molecular weight excluding hydrogens is 295 g/mol. The van der Waals surface area contributed by atoms with Crippen molar-refractivity contribution in [3.63, 3.8) is 0 Å². The number of piperidine rings is 1. The summed E-state index contributed by atoms with van der Waals surface area (Å²) in [6.45, 7) is 2.96. The summed E-state index contributed by atoms with van der Waals surface area (Å²) in [6, 6.07) is 4.02. The molecule has 0 spiro atoms. The van der Waals surface area contributed by atoms with Gasteiger partial charge in [0.2, 0.25) is 10.0 Å². The van der Waals surface area contributed by atoms with Crippen molar-refractivity contribution >= 4 is 15.7 Å². The highest BCUT2D eigenvalue weighted by Crippen LogP contribution is 2.22. The Bertz CT molecular complexity index is 572. The lowest BCUT2D eigenvalue weighted by molar-refractivity contribution is 0.321. The van der Waals surface area contributed by atoms with E-state index in [0.29, 0.717) is 6.61 Å². The Hall–Kier alpha value is -1.34. The van der Waals surface area contributed by atoms with Crippen molar-refractivity contribution < 1.29 is 17.5 Å². The SMILES string of the molecule is CCOc1ccc(NS(=O)(=O)CC2CCCCN2)cc1F. The lowest BCUT2D eigenvalue weighted by Crippen LogP contribution is -2.40. The lowest BCUT2D eigenvalue weighted by atomic mass is 10.1. The van der Waals surface area contributed by atoms with Gasteiger partial charge in [0.15, 0.2) is 11.6 Å². The Kier molecular flexibility index (Phi) is 5.41. The van der Waals surface area contributed by atoms with Crippen LogP contribution in [0.4, 0.5) is 10.1 Å². The number of rotatable bonds is 6. The molecule has 2 rings (SSSR count). The minimum atomic E-state index is -3.50. The third kappa shape index (κ3) is 4.86. The average Bonchev–Trinajstić information content (AvgIpc) is 2.42. The van der Waals surface area contributed by atoms with E-state index in [9.17, 15) is 12.8 Å². The Morgan fingerprint density at radius 3 is 2.86 bits per heavy atom. The Labute approximate surface area is 124 Å². The molecule has 0 aliphatic carbocycles. The van der Waals surface area contributed by atoms with Crippen LogP contribution in [0, 0.1) is 5.82 Å². The summed E-state index contributed by atoms with van der Waals surface area (Å²) in [4.78, 5) is 0. The second-order valence-corrected chi connectivity index (χ2v) is 6.88. The maximum atomic E-state index is 13.7. The van der Waals surface area contributed by atoms with Gasteiger partial charge in [-0.3, -0.25) is 4.72 Å². The van der Waals surface area contributed by atoms with Gasteiger partial charge in [0, 0.05) is 12.1 Å².